The first-order valence-electron chi connectivity index (χ1n) is 10.2. The van der Waals surface area contributed by atoms with E-state index in [1.165, 1.54) is 23.1 Å². The number of furan rings is 1. The Hall–Kier alpha value is -4.03. The summed E-state index contributed by atoms with van der Waals surface area (Å²) in [6.45, 7) is 1.92. The van der Waals surface area contributed by atoms with Crippen LogP contribution in [0.1, 0.15) is 27.7 Å². The van der Waals surface area contributed by atoms with Gasteiger partial charge in [0.15, 0.2) is 11.5 Å². The molecule has 2 heterocycles. The van der Waals surface area contributed by atoms with Crippen molar-refractivity contribution in [1.82, 2.24) is 0 Å². The fourth-order valence-corrected chi connectivity index (χ4v) is 4.22. The van der Waals surface area contributed by atoms with Crippen LogP contribution in [-0.4, -0.2) is 21.9 Å². The molecule has 5 rings (SSSR count). The Morgan fingerprint density at radius 2 is 1.67 bits per heavy atom. The number of aliphatic hydroxyl groups excluding tert-OH is 1. The van der Waals surface area contributed by atoms with Crippen molar-refractivity contribution in [2.45, 2.75) is 13.0 Å². The van der Waals surface area contributed by atoms with Crippen molar-refractivity contribution in [3.8, 4) is 5.75 Å². The van der Waals surface area contributed by atoms with Crippen LogP contribution in [0, 0.1) is 6.92 Å². The number of halogens is 1. The van der Waals surface area contributed by atoms with Gasteiger partial charge in [-0.15, -0.1) is 0 Å². The third kappa shape index (κ3) is 3.54. The number of hydrogen-bond donors (Lipinski definition) is 2. The van der Waals surface area contributed by atoms with E-state index >= 15 is 0 Å². The molecule has 7 heteroatoms. The highest BCUT2D eigenvalue weighted by atomic mass is 35.5. The van der Waals surface area contributed by atoms with Gasteiger partial charge in [0.2, 0.25) is 5.78 Å². The van der Waals surface area contributed by atoms with Crippen LogP contribution in [0.15, 0.2) is 88.5 Å². The van der Waals surface area contributed by atoms with E-state index in [0.29, 0.717) is 27.2 Å². The van der Waals surface area contributed by atoms with Crippen molar-refractivity contribution in [2.75, 3.05) is 4.90 Å². The van der Waals surface area contributed by atoms with Gasteiger partial charge in [-0.1, -0.05) is 41.4 Å². The summed E-state index contributed by atoms with van der Waals surface area (Å²) in [5.74, 6) is -1.92. The highest BCUT2D eigenvalue weighted by Gasteiger charge is 2.45. The minimum atomic E-state index is -0.912. The van der Waals surface area contributed by atoms with Crippen molar-refractivity contribution in [2.24, 2.45) is 0 Å². The molecule has 33 heavy (non-hydrogen) atoms. The molecule has 0 spiro atoms. The van der Waals surface area contributed by atoms with Crippen LogP contribution < -0.4 is 4.90 Å². The SMILES string of the molecule is Cc1ccc(N2C(=O)C(O)=C(C(=O)c3cc4cc(Cl)ccc4o3)C2c2ccc(O)cc2)cc1. The number of fused-ring (bicyclic) bond motifs is 1. The highest BCUT2D eigenvalue weighted by Crippen LogP contribution is 2.42. The van der Waals surface area contributed by atoms with Crippen molar-refractivity contribution in [3.05, 3.63) is 106 Å². The topological polar surface area (TPSA) is 91.0 Å². The van der Waals surface area contributed by atoms with Crippen LogP contribution in [0.4, 0.5) is 5.69 Å². The molecule has 1 amide bonds. The molecule has 3 aromatic carbocycles. The number of carbonyl (C=O) groups excluding carboxylic acids is 2. The number of amides is 1. The first-order chi connectivity index (χ1) is 15.8. The summed E-state index contributed by atoms with van der Waals surface area (Å²) in [5, 5.41) is 21.7. The first kappa shape index (κ1) is 20.8. The molecule has 0 fully saturated rings. The minimum Gasteiger partial charge on any atom is -0.508 e. The maximum Gasteiger partial charge on any atom is 0.294 e. The van der Waals surface area contributed by atoms with E-state index in [0.717, 1.165) is 5.56 Å². The number of aliphatic hydroxyl groups is 1. The molecule has 0 aliphatic carbocycles. The fourth-order valence-electron chi connectivity index (χ4n) is 4.04. The van der Waals surface area contributed by atoms with Gasteiger partial charge in [0, 0.05) is 16.1 Å². The van der Waals surface area contributed by atoms with Crippen LogP contribution in [0.5, 0.6) is 5.75 Å². The van der Waals surface area contributed by atoms with E-state index in [1.807, 2.05) is 19.1 Å². The Kier molecular flexibility index (Phi) is 4.95. The Morgan fingerprint density at radius 3 is 2.36 bits per heavy atom. The fraction of sp³-hybridized carbons (Fsp3) is 0.0769. The number of carbonyl (C=O) groups is 2. The van der Waals surface area contributed by atoms with Crippen LogP contribution >= 0.6 is 11.6 Å². The number of anilines is 1. The van der Waals surface area contributed by atoms with Gasteiger partial charge in [-0.2, -0.15) is 0 Å². The summed E-state index contributed by atoms with van der Waals surface area (Å²) >= 11 is 6.04. The zero-order valence-corrected chi connectivity index (χ0v) is 18.2. The van der Waals surface area contributed by atoms with Gasteiger partial charge < -0.3 is 14.6 Å². The molecule has 1 aromatic heterocycles. The zero-order chi connectivity index (χ0) is 23.3. The molecule has 1 atom stereocenters. The summed E-state index contributed by atoms with van der Waals surface area (Å²) in [5.41, 5.74) is 2.43. The van der Waals surface area contributed by atoms with Crippen LogP contribution in [0.3, 0.4) is 0 Å². The lowest BCUT2D eigenvalue weighted by Gasteiger charge is -2.27. The molecule has 0 saturated heterocycles. The van der Waals surface area contributed by atoms with Gasteiger partial charge in [0.25, 0.3) is 5.91 Å². The molecule has 164 valence electrons. The molecule has 1 unspecified atom stereocenters. The second-order valence-corrected chi connectivity index (χ2v) is 8.33. The summed E-state index contributed by atoms with van der Waals surface area (Å²) in [6, 6.07) is 18.9. The lowest BCUT2D eigenvalue weighted by atomic mass is 9.94. The van der Waals surface area contributed by atoms with Gasteiger partial charge in [-0.05, 0) is 61.0 Å². The monoisotopic (exact) mass is 459 g/mol. The Morgan fingerprint density at radius 1 is 0.970 bits per heavy atom. The predicted octanol–water partition coefficient (Wildman–Crippen LogP) is 5.88. The van der Waals surface area contributed by atoms with E-state index < -0.39 is 23.5 Å². The zero-order valence-electron chi connectivity index (χ0n) is 17.4. The largest absolute Gasteiger partial charge is 0.508 e. The van der Waals surface area contributed by atoms with Gasteiger partial charge in [0.05, 0.1) is 11.6 Å². The first-order valence-corrected chi connectivity index (χ1v) is 10.6. The average molecular weight is 460 g/mol. The number of phenols is 1. The van der Waals surface area contributed by atoms with Crippen molar-refractivity contribution in [3.63, 3.8) is 0 Å². The maximum absolute atomic E-state index is 13.6. The van der Waals surface area contributed by atoms with E-state index in [2.05, 4.69) is 0 Å². The number of aromatic hydroxyl groups is 1. The molecule has 2 N–H and O–H groups in total. The van der Waals surface area contributed by atoms with E-state index in [1.54, 1.807) is 42.5 Å². The number of ketones is 1. The number of nitrogens with zero attached hydrogens (tertiary/aromatic N) is 1. The van der Waals surface area contributed by atoms with Gasteiger partial charge in [-0.3, -0.25) is 14.5 Å². The molecular weight excluding hydrogens is 442 g/mol. The summed E-state index contributed by atoms with van der Waals surface area (Å²) in [4.78, 5) is 28.1. The molecule has 6 nitrogen and oxygen atoms in total. The molecular formula is C26H18ClNO5. The van der Waals surface area contributed by atoms with Crippen LogP contribution in [0.25, 0.3) is 11.0 Å². The lowest BCUT2D eigenvalue weighted by Crippen LogP contribution is -2.31. The van der Waals surface area contributed by atoms with Gasteiger partial charge in [0.1, 0.15) is 11.3 Å². The normalized spacial score (nSPS) is 16.1. The third-order valence-corrected chi connectivity index (χ3v) is 5.91. The molecule has 1 aliphatic rings. The van der Waals surface area contributed by atoms with Crippen molar-refractivity contribution >= 4 is 39.9 Å². The standard InChI is InChI=1S/C26H18ClNO5/c1-14-2-7-18(8-3-14)28-23(15-4-9-19(29)10-5-15)22(25(31)26(28)32)24(30)21-13-16-12-17(27)6-11-20(16)33-21/h2-13,23,29,31H,1H3. The number of rotatable bonds is 4. The second-order valence-electron chi connectivity index (χ2n) is 7.89. The quantitative estimate of drug-likeness (QED) is 0.372. The summed E-state index contributed by atoms with van der Waals surface area (Å²) < 4.78 is 5.72. The molecule has 0 saturated carbocycles. The number of Topliss-reactive ketones (excluding diaryl/α,β-unsaturated/α-hetero) is 1. The van der Waals surface area contributed by atoms with Crippen LogP contribution in [-0.2, 0) is 4.79 Å². The Balaban J connectivity index is 1.65. The number of phenolic OH excluding ortho intramolecular Hbond substituents is 1. The molecule has 4 aromatic rings. The Labute approximate surface area is 193 Å². The summed E-state index contributed by atoms with van der Waals surface area (Å²) in [7, 11) is 0. The summed E-state index contributed by atoms with van der Waals surface area (Å²) in [6.07, 6.45) is 0. The highest BCUT2D eigenvalue weighted by molar-refractivity contribution is 6.31. The smallest absolute Gasteiger partial charge is 0.294 e. The van der Waals surface area contributed by atoms with Crippen LogP contribution in [0.2, 0.25) is 5.02 Å². The molecule has 0 bridgehead atoms. The van der Waals surface area contributed by atoms with E-state index in [4.69, 9.17) is 16.0 Å². The minimum absolute atomic E-state index is 0.0175. The van der Waals surface area contributed by atoms with Gasteiger partial charge in [-0.25, -0.2) is 0 Å². The third-order valence-electron chi connectivity index (χ3n) is 5.68. The maximum atomic E-state index is 13.6. The van der Waals surface area contributed by atoms with E-state index in [-0.39, 0.29) is 17.1 Å². The lowest BCUT2D eigenvalue weighted by molar-refractivity contribution is -0.117. The van der Waals surface area contributed by atoms with Crippen molar-refractivity contribution < 1.29 is 24.2 Å². The van der Waals surface area contributed by atoms with E-state index in [9.17, 15) is 19.8 Å². The number of benzene rings is 3. The predicted molar refractivity (Wildman–Crippen MR) is 125 cm³/mol. The molecule has 0 radical (unpaired) electrons. The number of hydrogen-bond acceptors (Lipinski definition) is 5. The molecule has 1 aliphatic heterocycles. The Bertz CT molecular complexity index is 1430. The van der Waals surface area contributed by atoms with Gasteiger partial charge >= 0.3 is 0 Å². The second kappa shape index (κ2) is 7.83. The number of aryl methyl sites for hydroxylation is 1. The average Bonchev–Trinajstić information content (AvgIpc) is 3.33. The van der Waals surface area contributed by atoms with Crippen molar-refractivity contribution in [1.29, 1.82) is 0 Å².